The highest BCUT2D eigenvalue weighted by Crippen LogP contribution is 2.22. The molecule has 2 amide bonds. The smallest absolute Gasteiger partial charge is 0.243 e. The molecular formula is C13H18N2O3. The van der Waals surface area contributed by atoms with E-state index in [1.807, 2.05) is 6.07 Å². The zero-order valence-corrected chi connectivity index (χ0v) is 10.8. The summed E-state index contributed by atoms with van der Waals surface area (Å²) in [5.41, 5.74) is 0.587. The molecule has 1 aromatic rings. The lowest BCUT2D eigenvalue weighted by Gasteiger charge is -2.11. The third kappa shape index (κ3) is 4.08. The van der Waals surface area contributed by atoms with Gasteiger partial charge in [-0.25, -0.2) is 0 Å². The molecule has 18 heavy (non-hydrogen) atoms. The lowest BCUT2D eigenvalue weighted by Crippen LogP contribution is -2.35. The molecule has 0 aliphatic heterocycles. The van der Waals surface area contributed by atoms with Crippen LogP contribution in [0.4, 0.5) is 5.69 Å². The fourth-order valence-corrected chi connectivity index (χ4v) is 1.31. The van der Waals surface area contributed by atoms with Gasteiger partial charge < -0.3 is 15.4 Å². The van der Waals surface area contributed by atoms with Crippen molar-refractivity contribution < 1.29 is 14.3 Å². The molecule has 2 N–H and O–H groups in total. The van der Waals surface area contributed by atoms with Crippen LogP contribution in [0.15, 0.2) is 24.3 Å². The predicted octanol–water partition coefficient (Wildman–Crippen LogP) is 1.41. The van der Waals surface area contributed by atoms with Crippen molar-refractivity contribution >= 4 is 17.5 Å². The third-order valence-electron chi connectivity index (χ3n) is 2.33. The monoisotopic (exact) mass is 250 g/mol. The predicted molar refractivity (Wildman–Crippen MR) is 69.5 cm³/mol. The Hall–Kier alpha value is -2.04. The summed E-state index contributed by atoms with van der Waals surface area (Å²) < 4.78 is 5.11. The Morgan fingerprint density at radius 1 is 1.28 bits per heavy atom. The van der Waals surface area contributed by atoms with Crippen molar-refractivity contribution in [2.45, 2.75) is 13.8 Å². The number of nitrogens with one attached hydrogen (secondary N) is 2. The van der Waals surface area contributed by atoms with Gasteiger partial charge in [0.15, 0.2) is 0 Å². The molecule has 1 rings (SSSR count). The summed E-state index contributed by atoms with van der Waals surface area (Å²) in [6.45, 7) is 3.50. The number of methoxy groups -OCH3 is 1. The maximum atomic E-state index is 11.6. The molecule has 0 aliphatic carbocycles. The number of rotatable bonds is 5. The van der Waals surface area contributed by atoms with Gasteiger partial charge in [-0.1, -0.05) is 26.0 Å². The van der Waals surface area contributed by atoms with Crippen LogP contribution < -0.4 is 15.4 Å². The maximum absolute atomic E-state index is 11.6. The molecule has 0 atom stereocenters. The first-order valence-corrected chi connectivity index (χ1v) is 5.75. The van der Waals surface area contributed by atoms with Crippen molar-refractivity contribution in [2.75, 3.05) is 19.0 Å². The van der Waals surface area contributed by atoms with Gasteiger partial charge in [-0.15, -0.1) is 0 Å². The van der Waals surface area contributed by atoms with Crippen LogP contribution in [-0.4, -0.2) is 25.5 Å². The van der Waals surface area contributed by atoms with E-state index in [2.05, 4.69) is 10.6 Å². The molecule has 0 saturated carbocycles. The second kappa shape index (κ2) is 6.64. The number of hydrogen-bond donors (Lipinski definition) is 2. The second-order valence-electron chi connectivity index (χ2n) is 4.12. The van der Waals surface area contributed by atoms with Crippen LogP contribution in [0.3, 0.4) is 0 Å². The normalized spacial score (nSPS) is 10.0. The van der Waals surface area contributed by atoms with E-state index in [1.54, 1.807) is 32.0 Å². The van der Waals surface area contributed by atoms with Gasteiger partial charge in [-0.05, 0) is 12.1 Å². The Morgan fingerprint density at radius 3 is 2.56 bits per heavy atom. The van der Waals surface area contributed by atoms with Gasteiger partial charge in [-0.2, -0.15) is 0 Å². The van der Waals surface area contributed by atoms with E-state index < -0.39 is 0 Å². The molecular weight excluding hydrogens is 232 g/mol. The van der Waals surface area contributed by atoms with Gasteiger partial charge in [0.05, 0.1) is 19.3 Å². The molecule has 98 valence electrons. The molecule has 0 radical (unpaired) electrons. The molecule has 0 fully saturated rings. The summed E-state index contributed by atoms with van der Waals surface area (Å²) in [4.78, 5) is 22.9. The van der Waals surface area contributed by atoms with Crippen molar-refractivity contribution in [3.05, 3.63) is 24.3 Å². The van der Waals surface area contributed by atoms with Gasteiger partial charge in [0.1, 0.15) is 5.75 Å². The zero-order valence-electron chi connectivity index (χ0n) is 10.8. The van der Waals surface area contributed by atoms with E-state index in [1.165, 1.54) is 7.11 Å². The summed E-state index contributed by atoms with van der Waals surface area (Å²) in [5, 5.41) is 5.22. The van der Waals surface area contributed by atoms with Crippen LogP contribution >= 0.6 is 0 Å². The topological polar surface area (TPSA) is 67.4 Å². The van der Waals surface area contributed by atoms with E-state index in [0.29, 0.717) is 11.4 Å². The molecule has 0 aromatic heterocycles. The van der Waals surface area contributed by atoms with Gasteiger partial charge in [0, 0.05) is 5.92 Å². The van der Waals surface area contributed by atoms with Crippen LogP contribution in [0.1, 0.15) is 13.8 Å². The summed E-state index contributed by atoms with van der Waals surface area (Å²) in [5.74, 6) is 0.0174. The molecule has 1 aromatic carbocycles. The van der Waals surface area contributed by atoms with Crippen molar-refractivity contribution in [3.63, 3.8) is 0 Å². The fourth-order valence-electron chi connectivity index (χ4n) is 1.31. The van der Waals surface area contributed by atoms with Crippen molar-refractivity contribution in [1.82, 2.24) is 5.32 Å². The number of carbonyl (C=O) groups is 2. The minimum Gasteiger partial charge on any atom is -0.495 e. The third-order valence-corrected chi connectivity index (χ3v) is 2.33. The number of hydrogen-bond acceptors (Lipinski definition) is 3. The first-order valence-electron chi connectivity index (χ1n) is 5.75. The Balaban J connectivity index is 2.52. The van der Waals surface area contributed by atoms with Crippen molar-refractivity contribution in [3.8, 4) is 5.75 Å². The lowest BCUT2D eigenvalue weighted by atomic mass is 10.2. The molecule has 5 heteroatoms. The van der Waals surface area contributed by atoms with Gasteiger partial charge in [-0.3, -0.25) is 9.59 Å². The quantitative estimate of drug-likeness (QED) is 0.830. The molecule has 0 aliphatic rings. The van der Waals surface area contributed by atoms with E-state index in [-0.39, 0.29) is 24.3 Å². The standard InChI is InChI=1S/C13H18N2O3/c1-9(2)13(17)14-8-12(16)15-10-6-4-5-7-11(10)18-3/h4-7,9H,8H2,1-3H3,(H,14,17)(H,15,16). The minimum atomic E-state index is -0.284. The van der Waals surface area contributed by atoms with E-state index >= 15 is 0 Å². The maximum Gasteiger partial charge on any atom is 0.243 e. The molecule has 0 saturated heterocycles. The summed E-state index contributed by atoms with van der Waals surface area (Å²) in [6, 6.07) is 7.10. The number of carbonyl (C=O) groups excluding carboxylic acids is 2. The zero-order chi connectivity index (χ0) is 13.5. The molecule has 0 spiro atoms. The van der Waals surface area contributed by atoms with Gasteiger partial charge >= 0.3 is 0 Å². The van der Waals surface area contributed by atoms with Crippen molar-refractivity contribution in [2.24, 2.45) is 5.92 Å². The van der Waals surface area contributed by atoms with Gasteiger partial charge in [0.25, 0.3) is 0 Å². The van der Waals surface area contributed by atoms with Crippen LogP contribution in [0.2, 0.25) is 0 Å². The van der Waals surface area contributed by atoms with Crippen molar-refractivity contribution in [1.29, 1.82) is 0 Å². The number of anilines is 1. The average molecular weight is 250 g/mol. The molecule has 0 unspecified atom stereocenters. The SMILES string of the molecule is COc1ccccc1NC(=O)CNC(=O)C(C)C. The highest BCUT2D eigenvalue weighted by atomic mass is 16.5. The van der Waals surface area contributed by atoms with E-state index in [9.17, 15) is 9.59 Å². The Labute approximate surface area is 107 Å². The van der Waals surface area contributed by atoms with Gasteiger partial charge in [0.2, 0.25) is 11.8 Å². The number of amides is 2. The first-order chi connectivity index (χ1) is 8.54. The highest BCUT2D eigenvalue weighted by molar-refractivity contribution is 5.95. The Morgan fingerprint density at radius 2 is 1.94 bits per heavy atom. The highest BCUT2D eigenvalue weighted by Gasteiger charge is 2.10. The number of para-hydroxylation sites is 2. The second-order valence-corrected chi connectivity index (χ2v) is 4.12. The van der Waals surface area contributed by atoms with Crippen LogP contribution in [0, 0.1) is 5.92 Å². The Bertz CT molecular complexity index is 430. The number of ether oxygens (including phenoxy) is 1. The summed E-state index contributed by atoms with van der Waals surface area (Å²) in [7, 11) is 1.53. The van der Waals surface area contributed by atoms with E-state index in [0.717, 1.165) is 0 Å². The summed E-state index contributed by atoms with van der Waals surface area (Å²) in [6.07, 6.45) is 0. The largest absolute Gasteiger partial charge is 0.495 e. The first kappa shape index (κ1) is 14.0. The molecule has 0 bridgehead atoms. The van der Waals surface area contributed by atoms with Crippen LogP contribution in [0.5, 0.6) is 5.75 Å². The Kier molecular flexibility index (Phi) is 5.17. The fraction of sp³-hybridized carbons (Fsp3) is 0.385. The minimum absolute atomic E-state index is 0.0466. The van der Waals surface area contributed by atoms with Crippen LogP contribution in [-0.2, 0) is 9.59 Å². The average Bonchev–Trinajstić information content (AvgIpc) is 2.36. The molecule has 0 heterocycles. The lowest BCUT2D eigenvalue weighted by molar-refractivity contribution is -0.126. The van der Waals surface area contributed by atoms with E-state index in [4.69, 9.17) is 4.74 Å². The summed E-state index contributed by atoms with van der Waals surface area (Å²) >= 11 is 0. The number of benzene rings is 1. The molecule has 5 nitrogen and oxygen atoms in total. The van der Waals surface area contributed by atoms with Crippen LogP contribution in [0.25, 0.3) is 0 Å².